The first-order chi connectivity index (χ1) is 11.6. The highest BCUT2D eigenvalue weighted by atomic mass is 127. The van der Waals surface area contributed by atoms with Crippen LogP contribution >= 0.6 is 45.2 Å². The SMILES string of the molecule is CC(=O)OC[C@H]1O[C@H](I)[C@H](OC(=O)CI)[C@@H](OC(C)=O)[C@@H]1OC(C)=O. The van der Waals surface area contributed by atoms with E-state index in [0.717, 1.165) is 0 Å². The number of alkyl halides is 2. The van der Waals surface area contributed by atoms with Gasteiger partial charge in [0.15, 0.2) is 18.3 Å². The molecule has 0 aliphatic carbocycles. The second kappa shape index (κ2) is 10.4. The molecule has 0 spiro atoms. The minimum absolute atomic E-state index is 0.0829. The van der Waals surface area contributed by atoms with E-state index >= 15 is 0 Å². The lowest BCUT2D eigenvalue weighted by Gasteiger charge is -2.42. The van der Waals surface area contributed by atoms with E-state index < -0.39 is 52.4 Å². The van der Waals surface area contributed by atoms with E-state index in [2.05, 4.69) is 0 Å². The summed E-state index contributed by atoms with van der Waals surface area (Å²) in [5.74, 6) is -2.37. The van der Waals surface area contributed by atoms with Crippen molar-refractivity contribution in [2.45, 2.75) is 49.3 Å². The molecule has 1 aliphatic rings. The molecule has 0 bridgehead atoms. The third kappa shape index (κ3) is 7.21. The minimum atomic E-state index is -1.10. The third-order valence-corrected chi connectivity index (χ3v) is 4.63. The fraction of sp³-hybridized carbons (Fsp3) is 0.714. The van der Waals surface area contributed by atoms with Gasteiger partial charge in [-0.1, -0.05) is 22.6 Å². The van der Waals surface area contributed by atoms with Crippen molar-refractivity contribution < 1.29 is 42.9 Å². The molecular formula is C14H18I2O9. The molecule has 1 aliphatic heterocycles. The Morgan fingerprint density at radius 2 is 1.44 bits per heavy atom. The first kappa shape index (κ1) is 22.3. The van der Waals surface area contributed by atoms with Crippen LogP contribution in [0.15, 0.2) is 0 Å². The molecule has 0 aromatic carbocycles. The van der Waals surface area contributed by atoms with Gasteiger partial charge in [0.2, 0.25) is 0 Å². The fourth-order valence-electron chi connectivity index (χ4n) is 2.17. The van der Waals surface area contributed by atoms with E-state index in [1.54, 1.807) is 0 Å². The molecule has 11 heteroatoms. The zero-order chi connectivity index (χ0) is 19.1. The van der Waals surface area contributed by atoms with Gasteiger partial charge in [-0.2, -0.15) is 0 Å². The molecule has 5 atom stereocenters. The molecule has 0 aromatic heterocycles. The minimum Gasteiger partial charge on any atom is -0.463 e. The van der Waals surface area contributed by atoms with Gasteiger partial charge in [0.05, 0.1) is 4.43 Å². The van der Waals surface area contributed by atoms with Crippen LogP contribution < -0.4 is 0 Å². The van der Waals surface area contributed by atoms with Crippen LogP contribution in [0, 0.1) is 0 Å². The van der Waals surface area contributed by atoms with Crippen molar-refractivity contribution >= 4 is 69.1 Å². The molecule has 1 fully saturated rings. The molecular weight excluding hydrogens is 566 g/mol. The predicted molar refractivity (Wildman–Crippen MR) is 99.2 cm³/mol. The highest BCUT2D eigenvalue weighted by Gasteiger charge is 2.51. The molecule has 0 saturated carbocycles. The number of hydrogen-bond acceptors (Lipinski definition) is 9. The van der Waals surface area contributed by atoms with E-state index in [9.17, 15) is 19.2 Å². The highest BCUT2D eigenvalue weighted by Crippen LogP contribution is 2.32. The van der Waals surface area contributed by atoms with Gasteiger partial charge in [-0.05, 0) is 22.6 Å². The summed E-state index contributed by atoms with van der Waals surface area (Å²) in [5.41, 5.74) is 0. The summed E-state index contributed by atoms with van der Waals surface area (Å²) in [6, 6.07) is 0. The van der Waals surface area contributed by atoms with Crippen LogP contribution in [0.25, 0.3) is 0 Å². The summed E-state index contributed by atoms with van der Waals surface area (Å²) in [6.07, 6.45) is -4.05. The monoisotopic (exact) mass is 584 g/mol. The Morgan fingerprint density at radius 1 is 0.880 bits per heavy atom. The number of hydrogen-bond donors (Lipinski definition) is 0. The first-order valence-corrected chi connectivity index (χ1v) is 9.95. The van der Waals surface area contributed by atoms with E-state index in [1.165, 1.54) is 20.8 Å². The predicted octanol–water partition coefficient (Wildman–Crippen LogP) is 0.920. The van der Waals surface area contributed by atoms with Crippen molar-refractivity contribution in [1.82, 2.24) is 0 Å². The lowest BCUT2D eigenvalue weighted by molar-refractivity contribution is -0.234. The van der Waals surface area contributed by atoms with Gasteiger partial charge < -0.3 is 23.7 Å². The highest BCUT2D eigenvalue weighted by molar-refractivity contribution is 14.1. The van der Waals surface area contributed by atoms with Gasteiger partial charge >= 0.3 is 23.9 Å². The molecule has 0 aromatic rings. The van der Waals surface area contributed by atoms with Crippen LogP contribution in [0.1, 0.15) is 20.8 Å². The van der Waals surface area contributed by atoms with Gasteiger partial charge in [-0.15, -0.1) is 0 Å². The number of ether oxygens (including phenoxy) is 5. The molecule has 1 rings (SSSR count). The maximum Gasteiger partial charge on any atom is 0.316 e. The molecule has 0 unspecified atom stereocenters. The van der Waals surface area contributed by atoms with Gasteiger partial charge in [-0.25, -0.2) is 0 Å². The number of esters is 4. The van der Waals surface area contributed by atoms with Gasteiger partial charge in [0, 0.05) is 20.8 Å². The quantitative estimate of drug-likeness (QED) is 0.195. The standard InChI is InChI=1S/C14H18I2O9/c1-6(17)21-5-9-11(22-7(2)18)12(23-8(3)19)13(14(16)24-9)25-10(20)4-15/h9,11-14H,4-5H2,1-3H3/t9-,11-,12+,13-,14+/m1/s1. The Labute approximate surface area is 171 Å². The zero-order valence-corrected chi connectivity index (χ0v) is 18.0. The molecule has 142 valence electrons. The normalized spacial score (nSPS) is 28.6. The first-order valence-electron chi connectivity index (χ1n) is 7.18. The Kier molecular flexibility index (Phi) is 9.34. The van der Waals surface area contributed by atoms with Gasteiger partial charge in [0.1, 0.15) is 16.8 Å². The number of carbonyl (C=O) groups excluding carboxylic acids is 4. The van der Waals surface area contributed by atoms with Crippen LogP contribution in [-0.4, -0.2) is 63.4 Å². The largest absolute Gasteiger partial charge is 0.463 e. The molecule has 0 N–H and O–H groups in total. The summed E-state index contributed by atoms with van der Waals surface area (Å²) in [5, 5.41) is 0. The molecule has 0 amide bonds. The summed E-state index contributed by atoms with van der Waals surface area (Å²) < 4.78 is 25.7. The van der Waals surface area contributed by atoms with Crippen LogP contribution in [0.5, 0.6) is 0 Å². The Morgan fingerprint density at radius 3 is 1.92 bits per heavy atom. The lowest BCUT2D eigenvalue weighted by atomic mass is 9.99. The number of carbonyl (C=O) groups is 4. The van der Waals surface area contributed by atoms with Crippen LogP contribution in [0.3, 0.4) is 0 Å². The Bertz CT molecular complexity index is 524. The van der Waals surface area contributed by atoms with Crippen LogP contribution in [-0.2, 0) is 42.9 Å². The maximum absolute atomic E-state index is 11.7. The summed E-state index contributed by atoms with van der Waals surface area (Å²) in [7, 11) is 0. The van der Waals surface area contributed by atoms with Crippen molar-refractivity contribution in [3.05, 3.63) is 0 Å². The van der Waals surface area contributed by atoms with E-state index in [0.29, 0.717) is 0 Å². The lowest BCUT2D eigenvalue weighted by Crippen LogP contribution is -2.61. The summed E-state index contributed by atoms with van der Waals surface area (Å²) in [6.45, 7) is 3.37. The third-order valence-electron chi connectivity index (χ3n) is 3.01. The van der Waals surface area contributed by atoms with E-state index in [1.807, 2.05) is 45.2 Å². The second-order valence-corrected chi connectivity index (χ2v) is 7.05. The fourth-order valence-corrected chi connectivity index (χ4v) is 3.28. The van der Waals surface area contributed by atoms with E-state index in [-0.39, 0.29) is 11.0 Å². The number of rotatable bonds is 6. The summed E-state index contributed by atoms with van der Waals surface area (Å²) in [4.78, 5) is 45.7. The Hall–Kier alpha value is -0.700. The molecule has 9 nitrogen and oxygen atoms in total. The zero-order valence-electron chi connectivity index (χ0n) is 13.7. The van der Waals surface area contributed by atoms with Crippen LogP contribution in [0.4, 0.5) is 0 Å². The number of halogens is 2. The molecule has 1 heterocycles. The van der Waals surface area contributed by atoms with Crippen molar-refractivity contribution in [2.75, 3.05) is 11.0 Å². The van der Waals surface area contributed by atoms with E-state index in [4.69, 9.17) is 23.7 Å². The molecule has 1 saturated heterocycles. The van der Waals surface area contributed by atoms with Crippen molar-refractivity contribution in [1.29, 1.82) is 0 Å². The Balaban J connectivity index is 3.12. The van der Waals surface area contributed by atoms with Crippen molar-refractivity contribution in [3.8, 4) is 0 Å². The molecule has 0 radical (unpaired) electrons. The summed E-state index contributed by atoms with van der Waals surface area (Å²) >= 11 is 3.70. The smallest absolute Gasteiger partial charge is 0.316 e. The topological polar surface area (TPSA) is 114 Å². The average molecular weight is 584 g/mol. The second-order valence-electron chi connectivity index (χ2n) is 5.06. The average Bonchev–Trinajstić information content (AvgIpc) is 2.50. The van der Waals surface area contributed by atoms with Crippen LogP contribution in [0.2, 0.25) is 0 Å². The van der Waals surface area contributed by atoms with Crippen molar-refractivity contribution in [2.24, 2.45) is 0 Å². The van der Waals surface area contributed by atoms with Gasteiger partial charge in [0.25, 0.3) is 0 Å². The van der Waals surface area contributed by atoms with Gasteiger partial charge in [-0.3, -0.25) is 19.2 Å². The van der Waals surface area contributed by atoms with Crippen molar-refractivity contribution in [3.63, 3.8) is 0 Å². The molecule has 25 heavy (non-hydrogen) atoms. The maximum atomic E-state index is 11.7.